The van der Waals surface area contributed by atoms with Crippen molar-refractivity contribution < 1.29 is 80.2 Å². The molecule has 0 radical (unpaired) electrons. The Labute approximate surface area is 594 Å². The molecule has 0 aromatic heterocycles. The molecule has 6 atom stereocenters. The third-order valence-corrected chi connectivity index (χ3v) is 20.4. The van der Waals surface area contributed by atoms with Crippen LogP contribution in [0, 0.1) is 17.8 Å². The van der Waals surface area contributed by atoms with Crippen LogP contribution in [0.3, 0.4) is 0 Å². The van der Waals surface area contributed by atoms with Crippen molar-refractivity contribution in [1.82, 2.24) is 0 Å². The van der Waals surface area contributed by atoms with Crippen molar-refractivity contribution in [2.24, 2.45) is 17.8 Å². The third kappa shape index (κ3) is 70.9. The summed E-state index contributed by atoms with van der Waals surface area (Å²) in [7, 11) is -9.92. The Hall–Kier alpha value is -1.94. The molecule has 0 heterocycles. The lowest BCUT2D eigenvalue weighted by atomic mass is 9.99. The molecule has 0 aliphatic rings. The zero-order valence-electron chi connectivity index (χ0n) is 63.5. The normalized spacial score (nSPS) is 14.3. The van der Waals surface area contributed by atoms with E-state index in [4.69, 9.17) is 37.0 Å². The molecule has 3 N–H and O–H groups in total. The Morgan fingerprint density at radius 1 is 0.299 bits per heavy atom. The van der Waals surface area contributed by atoms with Gasteiger partial charge in [-0.25, -0.2) is 9.13 Å². The van der Waals surface area contributed by atoms with Gasteiger partial charge in [0.25, 0.3) is 0 Å². The zero-order chi connectivity index (χ0) is 71.6. The quantitative estimate of drug-likeness (QED) is 0.0222. The van der Waals surface area contributed by atoms with Crippen molar-refractivity contribution in [2.75, 3.05) is 39.6 Å². The van der Waals surface area contributed by atoms with Gasteiger partial charge in [0, 0.05) is 25.7 Å². The number of esters is 4. The van der Waals surface area contributed by atoms with E-state index in [0.29, 0.717) is 31.6 Å². The Morgan fingerprint density at radius 2 is 0.526 bits per heavy atom. The van der Waals surface area contributed by atoms with Gasteiger partial charge < -0.3 is 33.8 Å². The van der Waals surface area contributed by atoms with E-state index in [1.807, 2.05) is 0 Å². The number of hydrogen-bond donors (Lipinski definition) is 3. The highest BCUT2D eigenvalue weighted by Crippen LogP contribution is 2.45. The third-order valence-electron chi connectivity index (χ3n) is 18.5. The van der Waals surface area contributed by atoms with Gasteiger partial charge in [0.05, 0.1) is 26.4 Å². The van der Waals surface area contributed by atoms with Crippen LogP contribution in [-0.2, 0) is 65.4 Å². The molecule has 0 aromatic carbocycles. The van der Waals surface area contributed by atoms with E-state index in [1.165, 1.54) is 205 Å². The summed E-state index contributed by atoms with van der Waals surface area (Å²) in [6, 6.07) is 0. The molecule has 0 bridgehead atoms. The lowest BCUT2D eigenvalue weighted by Crippen LogP contribution is -2.30. The van der Waals surface area contributed by atoms with Gasteiger partial charge in [0.15, 0.2) is 12.2 Å². The van der Waals surface area contributed by atoms with E-state index in [1.54, 1.807) is 0 Å². The highest BCUT2D eigenvalue weighted by molar-refractivity contribution is 7.47. The van der Waals surface area contributed by atoms with Crippen LogP contribution in [0.2, 0.25) is 0 Å². The molecule has 0 saturated carbocycles. The number of ether oxygens (including phenoxy) is 4. The first-order valence-electron chi connectivity index (χ1n) is 40.4. The number of unbranched alkanes of at least 4 members (excludes halogenated alkanes) is 43. The number of phosphoric ester groups is 2. The number of carbonyl (C=O) groups excluding carboxylic acids is 4. The number of phosphoric acid groups is 2. The maximum Gasteiger partial charge on any atom is 0.472 e. The van der Waals surface area contributed by atoms with Crippen LogP contribution < -0.4 is 0 Å². The maximum absolute atomic E-state index is 13.1. The molecule has 0 rings (SSSR count). The van der Waals surface area contributed by atoms with Gasteiger partial charge in [-0.05, 0) is 43.4 Å². The summed E-state index contributed by atoms with van der Waals surface area (Å²) < 4.78 is 68.6. The van der Waals surface area contributed by atoms with Crippen molar-refractivity contribution in [3.05, 3.63) is 0 Å². The summed E-state index contributed by atoms with van der Waals surface area (Å²) in [5, 5.41) is 10.6. The smallest absolute Gasteiger partial charge is 0.462 e. The number of carbonyl (C=O) groups is 4. The SMILES string of the molecule is CCCCCCCCCCCCCCCCCCCC(=O)OC[C@H](COP(=O)(O)OC[C@@H](O)COP(=O)(O)OC[C@@H](COC(=O)CCCCCCCCCC(C)C)OC(=O)CCCCCCCCCCC(C)CC)OC(=O)CCCCCCCCCCCCCCCCCC(C)C. The first-order chi connectivity index (χ1) is 46.8. The second-order valence-corrected chi connectivity index (χ2v) is 32.2. The second-order valence-electron chi connectivity index (χ2n) is 29.3. The van der Waals surface area contributed by atoms with Gasteiger partial charge in [-0.1, -0.05) is 350 Å². The highest BCUT2D eigenvalue weighted by Gasteiger charge is 2.30. The Morgan fingerprint density at radius 3 is 0.784 bits per heavy atom. The van der Waals surface area contributed by atoms with Gasteiger partial charge in [0.1, 0.15) is 19.3 Å². The van der Waals surface area contributed by atoms with Crippen LogP contribution in [0.4, 0.5) is 0 Å². The molecule has 17 nitrogen and oxygen atoms in total. The lowest BCUT2D eigenvalue weighted by molar-refractivity contribution is -0.161. The van der Waals surface area contributed by atoms with Gasteiger partial charge in [-0.3, -0.25) is 37.3 Å². The first kappa shape index (κ1) is 95.1. The zero-order valence-corrected chi connectivity index (χ0v) is 65.3. The Balaban J connectivity index is 5.24. The maximum atomic E-state index is 13.1. The van der Waals surface area contributed by atoms with Crippen molar-refractivity contribution in [1.29, 1.82) is 0 Å². The van der Waals surface area contributed by atoms with E-state index in [2.05, 4.69) is 48.5 Å². The standard InChI is InChI=1S/C78H152O17P2/c1-8-10-11-12-13-14-15-16-17-18-21-24-27-30-38-45-52-59-75(80)88-65-73(94-77(82)61-54-47-39-31-28-25-22-19-20-23-26-29-35-42-49-56-69(3)4)67-92-96(84,85)90-63-72(79)64-91-97(86,87)93-68-74(66-89-76(81)60-53-46-41-34-36-43-50-57-70(5)6)95-78(83)62-55-48-40-33-32-37-44-51-58-71(7)9-2/h69-74,79H,8-68H2,1-7H3,(H,84,85)(H,86,87)/t71?,72-,73-,74-/m1/s1. The molecule has 19 heteroatoms. The van der Waals surface area contributed by atoms with Crippen LogP contribution in [-0.4, -0.2) is 96.7 Å². The molecule has 0 aliphatic carbocycles. The van der Waals surface area contributed by atoms with Crippen molar-refractivity contribution in [3.8, 4) is 0 Å². The first-order valence-corrected chi connectivity index (χ1v) is 43.4. The fourth-order valence-corrected chi connectivity index (χ4v) is 13.5. The molecule has 3 unspecified atom stereocenters. The number of rotatable bonds is 76. The van der Waals surface area contributed by atoms with Gasteiger partial charge in [-0.2, -0.15) is 0 Å². The molecule has 0 aliphatic heterocycles. The molecule has 0 saturated heterocycles. The van der Waals surface area contributed by atoms with Crippen LogP contribution in [0.25, 0.3) is 0 Å². The van der Waals surface area contributed by atoms with E-state index >= 15 is 0 Å². The summed E-state index contributed by atoms with van der Waals surface area (Å²) in [5.41, 5.74) is 0. The topological polar surface area (TPSA) is 237 Å². The monoisotopic (exact) mass is 1420 g/mol. The summed E-state index contributed by atoms with van der Waals surface area (Å²) in [6.07, 6.45) is 55.6. The van der Waals surface area contributed by atoms with E-state index in [-0.39, 0.29) is 25.7 Å². The fourth-order valence-electron chi connectivity index (χ4n) is 11.9. The summed E-state index contributed by atoms with van der Waals surface area (Å²) >= 11 is 0. The fraction of sp³-hybridized carbons (Fsp3) is 0.949. The van der Waals surface area contributed by atoms with Crippen molar-refractivity contribution in [2.45, 2.75) is 420 Å². The van der Waals surface area contributed by atoms with E-state index in [0.717, 1.165) is 108 Å². The highest BCUT2D eigenvalue weighted by atomic mass is 31.2. The molecule has 0 fully saturated rings. The predicted octanol–water partition coefficient (Wildman–Crippen LogP) is 23.0. The number of hydrogen-bond acceptors (Lipinski definition) is 15. The van der Waals surface area contributed by atoms with Gasteiger partial charge in [0.2, 0.25) is 0 Å². The molecule has 0 aromatic rings. The Kier molecular flexibility index (Phi) is 67.1. The van der Waals surface area contributed by atoms with Crippen LogP contribution in [0.15, 0.2) is 0 Å². The van der Waals surface area contributed by atoms with Crippen LogP contribution >= 0.6 is 15.6 Å². The van der Waals surface area contributed by atoms with Crippen LogP contribution in [0.5, 0.6) is 0 Å². The van der Waals surface area contributed by atoms with E-state index < -0.39 is 97.5 Å². The molecular weight excluding hydrogens is 1270 g/mol. The minimum Gasteiger partial charge on any atom is -0.462 e. The molecule has 0 spiro atoms. The minimum atomic E-state index is -4.96. The molecule has 97 heavy (non-hydrogen) atoms. The summed E-state index contributed by atoms with van der Waals surface area (Å²) in [4.78, 5) is 72.9. The predicted molar refractivity (Wildman–Crippen MR) is 395 cm³/mol. The average molecular weight is 1420 g/mol. The van der Waals surface area contributed by atoms with Crippen LogP contribution in [0.1, 0.15) is 402 Å². The lowest BCUT2D eigenvalue weighted by Gasteiger charge is -2.21. The molecular formula is C78H152O17P2. The van der Waals surface area contributed by atoms with Gasteiger partial charge in [-0.15, -0.1) is 0 Å². The number of aliphatic hydroxyl groups is 1. The van der Waals surface area contributed by atoms with Crippen molar-refractivity contribution in [3.63, 3.8) is 0 Å². The second kappa shape index (κ2) is 68.5. The molecule has 0 amide bonds. The minimum absolute atomic E-state index is 0.104. The average Bonchev–Trinajstić information content (AvgIpc) is 1.42. The molecule has 576 valence electrons. The van der Waals surface area contributed by atoms with Crippen molar-refractivity contribution >= 4 is 39.5 Å². The van der Waals surface area contributed by atoms with E-state index in [9.17, 15) is 43.2 Å². The summed E-state index contributed by atoms with van der Waals surface area (Å²) in [6.45, 7) is 11.9. The number of aliphatic hydroxyl groups excluding tert-OH is 1. The van der Waals surface area contributed by atoms with Gasteiger partial charge >= 0.3 is 39.5 Å². The Bertz CT molecular complexity index is 1890. The summed E-state index contributed by atoms with van der Waals surface area (Å²) in [5.74, 6) is 0.160. The largest absolute Gasteiger partial charge is 0.472 e.